The average molecular weight is 376 g/mol. The predicted octanol–water partition coefficient (Wildman–Crippen LogP) is 3.69. The van der Waals surface area contributed by atoms with Gasteiger partial charge in [-0.2, -0.15) is 13.2 Å². The number of benzene rings is 1. The van der Waals surface area contributed by atoms with Crippen molar-refractivity contribution in [3.63, 3.8) is 0 Å². The molecule has 0 saturated heterocycles. The van der Waals surface area contributed by atoms with E-state index in [2.05, 4.69) is 15.3 Å². The number of imidazole rings is 1. The van der Waals surface area contributed by atoms with Gasteiger partial charge in [-0.05, 0) is 30.9 Å². The number of aromatic nitrogens is 3. The number of alkyl halides is 3. The Bertz CT molecular complexity index is 987. The molecule has 8 heteroatoms. The number of halogens is 3. The van der Waals surface area contributed by atoms with Crippen LogP contribution in [0.5, 0.6) is 0 Å². The van der Waals surface area contributed by atoms with E-state index in [1.807, 2.05) is 4.57 Å². The van der Waals surface area contributed by atoms with Crippen LogP contribution in [0.25, 0.3) is 10.9 Å². The molecular formula is C19H19F3N4O. The first-order valence-electron chi connectivity index (χ1n) is 8.94. The molecule has 3 aromatic rings. The van der Waals surface area contributed by atoms with Crippen LogP contribution in [0.4, 0.5) is 13.2 Å². The van der Waals surface area contributed by atoms with Crippen molar-refractivity contribution in [1.29, 1.82) is 0 Å². The Hall–Kier alpha value is -2.77. The van der Waals surface area contributed by atoms with E-state index in [4.69, 9.17) is 0 Å². The Kier molecular flexibility index (Phi) is 4.41. The third-order valence-electron chi connectivity index (χ3n) is 4.96. The molecular weight excluding hydrogens is 357 g/mol. The monoisotopic (exact) mass is 376 g/mol. The highest BCUT2D eigenvalue weighted by Crippen LogP contribution is 2.35. The van der Waals surface area contributed by atoms with Crippen molar-refractivity contribution < 1.29 is 18.0 Å². The fourth-order valence-corrected chi connectivity index (χ4v) is 3.69. The number of aryl methyl sites for hydroxylation is 1. The van der Waals surface area contributed by atoms with Crippen LogP contribution >= 0.6 is 0 Å². The first-order chi connectivity index (χ1) is 12.9. The minimum atomic E-state index is -4.47. The first kappa shape index (κ1) is 17.6. The van der Waals surface area contributed by atoms with Crippen molar-refractivity contribution in [3.8, 4) is 0 Å². The van der Waals surface area contributed by atoms with E-state index in [1.54, 1.807) is 30.5 Å². The molecule has 0 atom stereocenters. The van der Waals surface area contributed by atoms with Gasteiger partial charge in [0.25, 0.3) is 5.91 Å². The number of amides is 1. The molecule has 2 aromatic heterocycles. The highest BCUT2D eigenvalue weighted by atomic mass is 19.4. The lowest BCUT2D eigenvalue weighted by atomic mass is 10.1. The van der Waals surface area contributed by atoms with Crippen molar-refractivity contribution in [1.82, 2.24) is 19.9 Å². The molecule has 142 valence electrons. The Labute approximate surface area is 153 Å². The third-order valence-corrected chi connectivity index (χ3v) is 4.96. The largest absolute Gasteiger partial charge is 0.431 e. The molecule has 5 nitrogen and oxygen atoms in total. The standard InChI is InChI=1S/C19H19F3N4O/c20-19(21,22)17-13(12-5-1-2-6-14(12)25-17)8-9-23-18(27)15-11-24-16-7-3-4-10-26(15)16/h1-2,5-6,11,25H,3-4,7-10H2,(H,23,27). The van der Waals surface area contributed by atoms with Crippen LogP contribution in [0.1, 0.15) is 40.4 Å². The molecule has 3 heterocycles. The van der Waals surface area contributed by atoms with E-state index in [0.29, 0.717) is 16.6 Å². The van der Waals surface area contributed by atoms with E-state index in [9.17, 15) is 18.0 Å². The summed E-state index contributed by atoms with van der Waals surface area (Å²) in [5, 5.41) is 3.26. The molecule has 1 aliphatic rings. The molecule has 0 bridgehead atoms. The van der Waals surface area contributed by atoms with Crippen LogP contribution in [-0.4, -0.2) is 27.0 Å². The second-order valence-electron chi connectivity index (χ2n) is 6.70. The molecule has 0 fully saturated rings. The summed E-state index contributed by atoms with van der Waals surface area (Å²) in [6.45, 7) is 0.864. The second-order valence-corrected chi connectivity index (χ2v) is 6.70. The summed E-state index contributed by atoms with van der Waals surface area (Å²) in [4.78, 5) is 19.2. The van der Waals surface area contributed by atoms with Gasteiger partial charge in [0.15, 0.2) is 0 Å². The fourth-order valence-electron chi connectivity index (χ4n) is 3.69. The van der Waals surface area contributed by atoms with Gasteiger partial charge in [0.05, 0.1) is 6.20 Å². The normalized spacial score (nSPS) is 14.3. The summed E-state index contributed by atoms with van der Waals surface area (Å²) < 4.78 is 42.0. The Balaban J connectivity index is 1.51. The first-order valence-corrected chi connectivity index (χ1v) is 8.94. The van der Waals surface area contributed by atoms with E-state index in [0.717, 1.165) is 31.6 Å². The number of para-hydroxylation sites is 1. The van der Waals surface area contributed by atoms with Gasteiger partial charge in [-0.15, -0.1) is 0 Å². The summed E-state index contributed by atoms with van der Waals surface area (Å²) in [7, 11) is 0. The summed E-state index contributed by atoms with van der Waals surface area (Å²) in [5.74, 6) is 0.589. The van der Waals surface area contributed by atoms with Crippen molar-refractivity contribution >= 4 is 16.8 Å². The maximum Gasteiger partial charge on any atom is 0.431 e. The van der Waals surface area contributed by atoms with Crippen molar-refractivity contribution in [3.05, 3.63) is 53.2 Å². The summed E-state index contributed by atoms with van der Waals surface area (Å²) in [6.07, 6.45) is 0.0572. The zero-order valence-electron chi connectivity index (χ0n) is 14.6. The maximum atomic E-state index is 13.4. The number of nitrogens with one attached hydrogen (secondary N) is 2. The smallest absolute Gasteiger partial charge is 0.351 e. The number of rotatable bonds is 4. The van der Waals surface area contributed by atoms with E-state index < -0.39 is 11.9 Å². The van der Waals surface area contributed by atoms with Crippen LogP contribution in [0, 0.1) is 0 Å². The minimum Gasteiger partial charge on any atom is -0.351 e. The highest BCUT2D eigenvalue weighted by Gasteiger charge is 2.36. The quantitative estimate of drug-likeness (QED) is 0.730. The molecule has 4 rings (SSSR count). The van der Waals surface area contributed by atoms with Gasteiger partial charge in [-0.3, -0.25) is 4.79 Å². The average Bonchev–Trinajstić information content (AvgIpc) is 3.23. The van der Waals surface area contributed by atoms with Gasteiger partial charge >= 0.3 is 6.18 Å². The third kappa shape index (κ3) is 3.31. The molecule has 0 saturated carbocycles. The lowest BCUT2D eigenvalue weighted by Gasteiger charge is -2.16. The van der Waals surface area contributed by atoms with Crippen LogP contribution in [0.3, 0.4) is 0 Å². The van der Waals surface area contributed by atoms with E-state index >= 15 is 0 Å². The zero-order valence-corrected chi connectivity index (χ0v) is 14.6. The van der Waals surface area contributed by atoms with Crippen LogP contribution in [0.2, 0.25) is 0 Å². The topological polar surface area (TPSA) is 62.7 Å². The van der Waals surface area contributed by atoms with Gasteiger partial charge < -0.3 is 14.9 Å². The fraction of sp³-hybridized carbons (Fsp3) is 0.368. The SMILES string of the molecule is O=C(NCCc1c(C(F)(F)F)[nH]c2ccccc12)c1cnc2n1CCCC2. The summed E-state index contributed by atoms with van der Waals surface area (Å²) >= 11 is 0. The lowest BCUT2D eigenvalue weighted by Crippen LogP contribution is -2.29. The van der Waals surface area contributed by atoms with Crippen molar-refractivity contribution in [2.45, 2.75) is 38.4 Å². The van der Waals surface area contributed by atoms with Gasteiger partial charge in [0.2, 0.25) is 0 Å². The van der Waals surface area contributed by atoms with Crippen molar-refractivity contribution in [2.24, 2.45) is 0 Å². The predicted molar refractivity (Wildman–Crippen MR) is 94.5 cm³/mol. The molecule has 0 unspecified atom stereocenters. The minimum absolute atomic E-state index is 0.0889. The molecule has 0 aliphatic carbocycles. The Morgan fingerprint density at radius 2 is 2.07 bits per heavy atom. The number of hydrogen-bond acceptors (Lipinski definition) is 2. The summed E-state index contributed by atoms with van der Waals surface area (Å²) in [6, 6.07) is 6.67. The number of carbonyl (C=O) groups excluding carboxylic acids is 1. The highest BCUT2D eigenvalue weighted by molar-refractivity contribution is 5.92. The van der Waals surface area contributed by atoms with Gasteiger partial charge in [-0.25, -0.2) is 4.98 Å². The number of fused-ring (bicyclic) bond motifs is 2. The Morgan fingerprint density at radius 3 is 2.89 bits per heavy atom. The maximum absolute atomic E-state index is 13.4. The van der Waals surface area contributed by atoms with Crippen molar-refractivity contribution in [2.75, 3.05) is 6.54 Å². The molecule has 1 amide bonds. The number of hydrogen-bond donors (Lipinski definition) is 2. The van der Waals surface area contributed by atoms with E-state index in [1.165, 1.54) is 0 Å². The number of H-pyrrole nitrogens is 1. The van der Waals surface area contributed by atoms with Crippen LogP contribution < -0.4 is 5.32 Å². The number of nitrogens with zero attached hydrogens (tertiary/aromatic N) is 2. The molecule has 1 aliphatic heterocycles. The Morgan fingerprint density at radius 1 is 1.26 bits per heavy atom. The lowest BCUT2D eigenvalue weighted by molar-refractivity contribution is -0.141. The summed E-state index contributed by atoms with van der Waals surface area (Å²) in [5.41, 5.74) is 0.337. The number of aromatic amines is 1. The van der Waals surface area contributed by atoms with Gasteiger partial charge in [0, 0.05) is 30.4 Å². The van der Waals surface area contributed by atoms with E-state index in [-0.39, 0.29) is 24.4 Å². The zero-order chi connectivity index (χ0) is 19.0. The molecule has 0 radical (unpaired) electrons. The van der Waals surface area contributed by atoms with Crippen LogP contribution in [-0.2, 0) is 25.6 Å². The van der Waals surface area contributed by atoms with Gasteiger partial charge in [-0.1, -0.05) is 18.2 Å². The molecule has 1 aromatic carbocycles. The second kappa shape index (κ2) is 6.75. The van der Waals surface area contributed by atoms with Gasteiger partial charge in [0.1, 0.15) is 17.2 Å². The molecule has 0 spiro atoms. The molecule has 27 heavy (non-hydrogen) atoms. The van der Waals surface area contributed by atoms with Crippen LogP contribution in [0.15, 0.2) is 30.5 Å². The molecule has 2 N–H and O–H groups in total. The number of carbonyl (C=O) groups is 1.